The number of nitrogens with zero attached hydrogens (tertiary/aromatic N) is 1. The van der Waals surface area contributed by atoms with Gasteiger partial charge < -0.3 is 14.6 Å². The van der Waals surface area contributed by atoms with E-state index < -0.39 is 0 Å². The minimum atomic E-state index is 0.923. The summed E-state index contributed by atoms with van der Waals surface area (Å²) in [7, 11) is 2.12. The summed E-state index contributed by atoms with van der Waals surface area (Å²) in [5.74, 6) is 0. The molecule has 0 spiro atoms. The predicted molar refractivity (Wildman–Crippen MR) is 74.7 cm³/mol. The maximum Gasteiger partial charge on any atom is 0.0947 e. The molecule has 0 bridgehead atoms. The Bertz CT molecular complexity index is 465. The van der Waals surface area contributed by atoms with E-state index in [0.717, 1.165) is 19.6 Å². The Morgan fingerprint density at radius 2 is 2.06 bits per heavy atom. The molecule has 0 radical (unpaired) electrons. The predicted octanol–water partition coefficient (Wildman–Crippen LogP) is 3.13. The average molecular weight is 244 g/mol. The minimum absolute atomic E-state index is 0.923. The molecule has 0 aliphatic carbocycles. The highest BCUT2D eigenvalue weighted by Gasteiger charge is 2.01. The maximum absolute atomic E-state index is 5.06. The normalized spacial score (nSPS) is 10.8. The van der Waals surface area contributed by atoms with E-state index in [9.17, 15) is 0 Å². The molecule has 96 valence electrons. The topological polar surface area (TPSA) is 28.4 Å². The Kier molecular flexibility index (Phi) is 4.42. The van der Waals surface area contributed by atoms with E-state index in [1.807, 2.05) is 6.07 Å². The molecule has 0 saturated heterocycles. The van der Waals surface area contributed by atoms with Crippen molar-refractivity contribution < 1.29 is 4.42 Å². The summed E-state index contributed by atoms with van der Waals surface area (Å²) in [6.45, 7) is 4.99. The van der Waals surface area contributed by atoms with Crippen LogP contribution >= 0.6 is 0 Å². The molecule has 0 amide bonds. The summed E-state index contributed by atoms with van der Waals surface area (Å²) in [4.78, 5) is 2.27. The number of benzene rings is 1. The van der Waals surface area contributed by atoms with Crippen molar-refractivity contribution in [3.05, 3.63) is 54.0 Å². The van der Waals surface area contributed by atoms with Gasteiger partial charge in [-0.25, -0.2) is 0 Å². The highest BCUT2D eigenvalue weighted by Crippen LogP contribution is 2.12. The summed E-state index contributed by atoms with van der Waals surface area (Å²) in [5, 5.41) is 3.46. The highest BCUT2D eigenvalue weighted by atomic mass is 16.3. The van der Waals surface area contributed by atoms with Gasteiger partial charge in [0.25, 0.3) is 0 Å². The molecule has 0 unspecified atom stereocenters. The van der Waals surface area contributed by atoms with Gasteiger partial charge in [-0.1, -0.05) is 18.2 Å². The van der Waals surface area contributed by atoms with E-state index in [1.54, 1.807) is 12.5 Å². The molecular weight excluding hydrogens is 224 g/mol. The second-order valence-corrected chi connectivity index (χ2v) is 4.61. The van der Waals surface area contributed by atoms with Crippen molar-refractivity contribution in [1.82, 2.24) is 4.90 Å². The van der Waals surface area contributed by atoms with Crippen LogP contribution in [-0.2, 0) is 6.54 Å². The molecule has 0 saturated carbocycles. The van der Waals surface area contributed by atoms with Gasteiger partial charge in [-0.05, 0) is 31.7 Å². The third-order valence-electron chi connectivity index (χ3n) is 2.99. The van der Waals surface area contributed by atoms with E-state index in [0.29, 0.717) is 0 Å². The van der Waals surface area contributed by atoms with Gasteiger partial charge >= 0.3 is 0 Å². The number of para-hydroxylation sites is 1. The number of hydrogen-bond acceptors (Lipinski definition) is 3. The van der Waals surface area contributed by atoms with Crippen LogP contribution in [0.1, 0.15) is 11.1 Å². The van der Waals surface area contributed by atoms with Gasteiger partial charge in [0, 0.05) is 30.9 Å². The Morgan fingerprint density at radius 3 is 2.78 bits per heavy atom. The van der Waals surface area contributed by atoms with Gasteiger partial charge in [0.1, 0.15) is 0 Å². The lowest BCUT2D eigenvalue weighted by molar-refractivity contribution is 0.338. The van der Waals surface area contributed by atoms with Crippen LogP contribution in [-0.4, -0.2) is 25.0 Å². The molecule has 18 heavy (non-hydrogen) atoms. The van der Waals surface area contributed by atoms with Crippen molar-refractivity contribution in [3.8, 4) is 0 Å². The van der Waals surface area contributed by atoms with E-state index >= 15 is 0 Å². The molecule has 0 atom stereocenters. The first kappa shape index (κ1) is 12.7. The minimum Gasteiger partial charge on any atom is -0.472 e. The fraction of sp³-hybridized carbons (Fsp3) is 0.333. The van der Waals surface area contributed by atoms with Gasteiger partial charge in [0.05, 0.1) is 12.5 Å². The smallest absolute Gasteiger partial charge is 0.0947 e. The molecule has 0 aliphatic heterocycles. The van der Waals surface area contributed by atoms with E-state index in [4.69, 9.17) is 4.42 Å². The number of anilines is 1. The molecule has 0 aliphatic rings. The monoisotopic (exact) mass is 244 g/mol. The van der Waals surface area contributed by atoms with Crippen molar-refractivity contribution in [2.75, 3.05) is 25.5 Å². The Morgan fingerprint density at radius 1 is 1.22 bits per heavy atom. The first-order chi connectivity index (χ1) is 8.75. The van der Waals surface area contributed by atoms with Crippen molar-refractivity contribution in [2.24, 2.45) is 0 Å². The first-order valence-corrected chi connectivity index (χ1v) is 6.25. The van der Waals surface area contributed by atoms with Crippen molar-refractivity contribution >= 4 is 5.69 Å². The zero-order valence-electron chi connectivity index (χ0n) is 11.0. The molecule has 2 rings (SSSR count). The van der Waals surface area contributed by atoms with Gasteiger partial charge in [-0.3, -0.25) is 0 Å². The van der Waals surface area contributed by atoms with Crippen LogP contribution in [0, 0.1) is 6.92 Å². The number of hydrogen-bond donors (Lipinski definition) is 1. The zero-order valence-corrected chi connectivity index (χ0v) is 11.0. The van der Waals surface area contributed by atoms with Gasteiger partial charge in [0.15, 0.2) is 0 Å². The molecule has 3 heteroatoms. The number of furan rings is 1. The second kappa shape index (κ2) is 6.26. The summed E-state index contributed by atoms with van der Waals surface area (Å²) in [6.07, 6.45) is 3.51. The summed E-state index contributed by atoms with van der Waals surface area (Å²) in [6, 6.07) is 10.4. The van der Waals surface area contributed by atoms with Crippen LogP contribution in [0.3, 0.4) is 0 Å². The molecule has 1 heterocycles. The molecule has 0 fully saturated rings. The number of likely N-dealkylation sites (N-methyl/N-ethyl adjacent to an activating group) is 1. The van der Waals surface area contributed by atoms with Crippen LogP contribution in [0.15, 0.2) is 47.3 Å². The summed E-state index contributed by atoms with van der Waals surface area (Å²) in [5.41, 5.74) is 3.72. The number of aryl methyl sites for hydroxylation is 1. The molecule has 1 aromatic carbocycles. The van der Waals surface area contributed by atoms with Crippen molar-refractivity contribution in [3.63, 3.8) is 0 Å². The van der Waals surface area contributed by atoms with Gasteiger partial charge in [-0.15, -0.1) is 0 Å². The number of rotatable bonds is 6. The SMILES string of the molecule is Cc1ccccc1NCCN(C)Cc1ccoc1. The van der Waals surface area contributed by atoms with E-state index in [1.165, 1.54) is 16.8 Å². The Labute approximate surface area is 108 Å². The maximum atomic E-state index is 5.06. The Hall–Kier alpha value is -1.74. The quantitative estimate of drug-likeness (QED) is 0.846. The third kappa shape index (κ3) is 3.64. The van der Waals surface area contributed by atoms with Crippen molar-refractivity contribution in [1.29, 1.82) is 0 Å². The second-order valence-electron chi connectivity index (χ2n) is 4.61. The lowest BCUT2D eigenvalue weighted by atomic mass is 10.2. The van der Waals surface area contributed by atoms with Crippen LogP contribution in [0.2, 0.25) is 0 Å². The highest BCUT2D eigenvalue weighted by molar-refractivity contribution is 5.50. The van der Waals surface area contributed by atoms with E-state index in [-0.39, 0.29) is 0 Å². The standard InChI is InChI=1S/C15H20N2O/c1-13-5-3-4-6-15(13)16-8-9-17(2)11-14-7-10-18-12-14/h3-7,10,12,16H,8-9,11H2,1-2H3. The fourth-order valence-corrected chi connectivity index (χ4v) is 1.93. The molecule has 2 aromatic rings. The van der Waals surface area contributed by atoms with Crippen molar-refractivity contribution in [2.45, 2.75) is 13.5 Å². The lowest BCUT2D eigenvalue weighted by Crippen LogP contribution is -2.24. The zero-order chi connectivity index (χ0) is 12.8. The van der Waals surface area contributed by atoms with Crippen LogP contribution in [0.5, 0.6) is 0 Å². The fourth-order valence-electron chi connectivity index (χ4n) is 1.93. The van der Waals surface area contributed by atoms with Crippen LogP contribution in [0.4, 0.5) is 5.69 Å². The lowest BCUT2D eigenvalue weighted by Gasteiger charge is -2.17. The Balaban J connectivity index is 1.74. The summed E-state index contributed by atoms with van der Waals surface area (Å²) < 4.78 is 5.06. The van der Waals surface area contributed by atoms with Gasteiger partial charge in [0.2, 0.25) is 0 Å². The van der Waals surface area contributed by atoms with E-state index in [2.05, 4.69) is 48.5 Å². The number of nitrogens with one attached hydrogen (secondary N) is 1. The molecule has 1 aromatic heterocycles. The molecule has 3 nitrogen and oxygen atoms in total. The molecular formula is C15H20N2O. The van der Waals surface area contributed by atoms with Crippen LogP contribution in [0.25, 0.3) is 0 Å². The third-order valence-corrected chi connectivity index (χ3v) is 2.99. The molecule has 1 N–H and O–H groups in total. The first-order valence-electron chi connectivity index (χ1n) is 6.25. The average Bonchev–Trinajstić information content (AvgIpc) is 2.84. The largest absolute Gasteiger partial charge is 0.472 e. The van der Waals surface area contributed by atoms with Gasteiger partial charge in [-0.2, -0.15) is 0 Å². The van der Waals surface area contributed by atoms with Crippen LogP contribution < -0.4 is 5.32 Å². The summed E-state index contributed by atoms with van der Waals surface area (Å²) >= 11 is 0.